The molecular weight excluding hydrogens is 234 g/mol. The second-order valence-corrected chi connectivity index (χ2v) is 5.53. The van der Waals surface area contributed by atoms with Crippen LogP contribution in [-0.4, -0.2) is 27.6 Å². The Morgan fingerprint density at radius 2 is 2.41 bits per heavy atom. The largest absolute Gasteiger partial charge is 0.363 e. The molecular formula is C12H19N3OS. The molecule has 0 bridgehead atoms. The fraction of sp³-hybridized carbons (Fsp3) is 0.667. The molecule has 1 atom stereocenters. The number of thioether (sulfide) groups is 1. The van der Waals surface area contributed by atoms with E-state index in [1.165, 1.54) is 0 Å². The van der Waals surface area contributed by atoms with Crippen molar-refractivity contribution in [1.82, 2.24) is 9.55 Å². The molecule has 0 saturated heterocycles. The maximum Gasteiger partial charge on any atom is 0.293 e. The molecule has 17 heavy (non-hydrogen) atoms. The molecule has 1 aliphatic carbocycles. The van der Waals surface area contributed by atoms with Gasteiger partial charge in [0.2, 0.25) is 0 Å². The monoisotopic (exact) mass is 253 g/mol. The fourth-order valence-corrected chi connectivity index (χ4v) is 2.35. The van der Waals surface area contributed by atoms with Gasteiger partial charge in [-0.05, 0) is 38.2 Å². The van der Waals surface area contributed by atoms with E-state index in [1.807, 2.05) is 11.8 Å². The Kier molecular flexibility index (Phi) is 4.10. The number of anilines is 1. The second kappa shape index (κ2) is 5.58. The molecule has 1 unspecified atom stereocenters. The summed E-state index contributed by atoms with van der Waals surface area (Å²) in [7, 11) is 0. The molecule has 0 aromatic carbocycles. The van der Waals surface area contributed by atoms with Gasteiger partial charge in [-0.1, -0.05) is 0 Å². The van der Waals surface area contributed by atoms with Gasteiger partial charge in [-0.15, -0.1) is 0 Å². The molecule has 0 spiro atoms. The maximum absolute atomic E-state index is 12.1. The Balaban J connectivity index is 2.05. The SMILES string of the molecule is CSCCC(C)Nc1nccn(C2CC2)c1=O. The topological polar surface area (TPSA) is 46.9 Å². The van der Waals surface area contributed by atoms with Crippen LogP contribution in [0.2, 0.25) is 0 Å². The zero-order valence-corrected chi connectivity index (χ0v) is 11.2. The van der Waals surface area contributed by atoms with E-state index < -0.39 is 0 Å². The number of rotatable bonds is 6. The average molecular weight is 253 g/mol. The predicted molar refractivity (Wildman–Crippen MR) is 72.9 cm³/mol. The lowest BCUT2D eigenvalue weighted by molar-refractivity contribution is 0.690. The van der Waals surface area contributed by atoms with Crippen molar-refractivity contribution in [3.63, 3.8) is 0 Å². The van der Waals surface area contributed by atoms with Gasteiger partial charge < -0.3 is 9.88 Å². The van der Waals surface area contributed by atoms with Crippen molar-refractivity contribution in [3.8, 4) is 0 Å². The van der Waals surface area contributed by atoms with Crippen molar-refractivity contribution in [1.29, 1.82) is 0 Å². The van der Waals surface area contributed by atoms with Crippen LogP contribution < -0.4 is 10.9 Å². The highest BCUT2D eigenvalue weighted by Crippen LogP contribution is 2.33. The number of nitrogens with one attached hydrogen (secondary N) is 1. The van der Waals surface area contributed by atoms with Crippen molar-refractivity contribution in [2.45, 2.75) is 38.3 Å². The second-order valence-electron chi connectivity index (χ2n) is 4.55. The van der Waals surface area contributed by atoms with Crippen LogP contribution in [0.1, 0.15) is 32.2 Å². The highest BCUT2D eigenvalue weighted by Gasteiger charge is 2.25. The Bertz CT molecular complexity index is 428. The highest BCUT2D eigenvalue weighted by molar-refractivity contribution is 7.98. The normalized spacial score (nSPS) is 16.8. The maximum atomic E-state index is 12.1. The number of hydrogen-bond acceptors (Lipinski definition) is 4. The molecule has 1 N–H and O–H groups in total. The van der Waals surface area contributed by atoms with E-state index in [1.54, 1.807) is 17.0 Å². The highest BCUT2D eigenvalue weighted by atomic mass is 32.2. The third-order valence-corrected chi connectivity index (χ3v) is 3.59. The van der Waals surface area contributed by atoms with E-state index in [9.17, 15) is 4.79 Å². The van der Waals surface area contributed by atoms with Gasteiger partial charge in [-0.25, -0.2) is 4.98 Å². The molecule has 1 aromatic heterocycles. The van der Waals surface area contributed by atoms with Crippen LogP contribution in [0.3, 0.4) is 0 Å². The van der Waals surface area contributed by atoms with E-state index in [0.29, 0.717) is 11.9 Å². The quantitative estimate of drug-likeness (QED) is 0.843. The first-order valence-electron chi connectivity index (χ1n) is 6.05. The van der Waals surface area contributed by atoms with E-state index in [0.717, 1.165) is 25.0 Å². The molecule has 0 aliphatic heterocycles. The summed E-state index contributed by atoms with van der Waals surface area (Å²) in [4.78, 5) is 16.2. The van der Waals surface area contributed by atoms with E-state index in [4.69, 9.17) is 0 Å². The summed E-state index contributed by atoms with van der Waals surface area (Å²) in [5.74, 6) is 1.59. The number of nitrogens with zero attached hydrogens (tertiary/aromatic N) is 2. The van der Waals surface area contributed by atoms with Crippen molar-refractivity contribution in [2.24, 2.45) is 0 Å². The van der Waals surface area contributed by atoms with Gasteiger partial charge in [0.1, 0.15) is 0 Å². The van der Waals surface area contributed by atoms with Gasteiger partial charge in [-0.3, -0.25) is 4.79 Å². The van der Waals surface area contributed by atoms with Crippen molar-refractivity contribution in [3.05, 3.63) is 22.7 Å². The lowest BCUT2D eigenvalue weighted by Crippen LogP contribution is -2.27. The van der Waals surface area contributed by atoms with Crippen molar-refractivity contribution >= 4 is 17.6 Å². The lowest BCUT2D eigenvalue weighted by Gasteiger charge is -2.14. The van der Waals surface area contributed by atoms with Crippen LogP contribution in [0.25, 0.3) is 0 Å². The first-order chi connectivity index (χ1) is 8.22. The number of hydrogen-bond donors (Lipinski definition) is 1. The van der Waals surface area contributed by atoms with Crippen molar-refractivity contribution in [2.75, 3.05) is 17.3 Å². The molecule has 5 heteroatoms. The van der Waals surface area contributed by atoms with Crippen LogP contribution in [0.15, 0.2) is 17.2 Å². The molecule has 0 radical (unpaired) electrons. The third-order valence-electron chi connectivity index (χ3n) is 2.95. The van der Waals surface area contributed by atoms with E-state index in [-0.39, 0.29) is 11.6 Å². The molecule has 1 aliphatic rings. The average Bonchev–Trinajstić information content (AvgIpc) is 3.13. The van der Waals surface area contributed by atoms with Gasteiger partial charge in [0, 0.05) is 24.5 Å². The molecule has 94 valence electrons. The minimum absolute atomic E-state index is 0.0194. The number of aromatic nitrogens is 2. The fourth-order valence-electron chi connectivity index (χ4n) is 1.76. The lowest BCUT2D eigenvalue weighted by atomic mass is 10.2. The zero-order chi connectivity index (χ0) is 12.3. The Hall–Kier alpha value is -0.970. The van der Waals surface area contributed by atoms with Gasteiger partial charge in [-0.2, -0.15) is 11.8 Å². The molecule has 1 aromatic rings. The summed E-state index contributed by atoms with van der Waals surface area (Å²) >= 11 is 1.82. The Morgan fingerprint density at radius 3 is 3.06 bits per heavy atom. The van der Waals surface area contributed by atoms with E-state index in [2.05, 4.69) is 23.5 Å². The van der Waals surface area contributed by atoms with Crippen LogP contribution in [0.4, 0.5) is 5.82 Å². The van der Waals surface area contributed by atoms with Gasteiger partial charge in [0.25, 0.3) is 5.56 Å². The molecule has 1 fully saturated rings. The zero-order valence-electron chi connectivity index (χ0n) is 10.3. The molecule has 2 rings (SSSR count). The first kappa shape index (κ1) is 12.5. The molecule has 4 nitrogen and oxygen atoms in total. The van der Waals surface area contributed by atoms with Crippen molar-refractivity contribution < 1.29 is 0 Å². The molecule has 1 saturated carbocycles. The standard InChI is InChI=1S/C12H19N3OS/c1-9(5-8-17-2)14-11-12(16)15(7-6-13-11)10-3-4-10/h6-7,9-10H,3-5,8H2,1-2H3,(H,13,14). The minimum atomic E-state index is 0.0194. The predicted octanol–water partition coefficient (Wildman–Crippen LogP) is 2.13. The summed E-state index contributed by atoms with van der Waals surface area (Å²) in [6, 6.07) is 0.699. The third kappa shape index (κ3) is 3.25. The Morgan fingerprint density at radius 1 is 1.65 bits per heavy atom. The summed E-state index contributed by atoms with van der Waals surface area (Å²) in [5, 5.41) is 3.21. The summed E-state index contributed by atoms with van der Waals surface area (Å²) in [6.07, 6.45) is 8.87. The van der Waals surface area contributed by atoms with Crippen LogP contribution in [0.5, 0.6) is 0 Å². The van der Waals surface area contributed by atoms with Crippen LogP contribution in [-0.2, 0) is 0 Å². The Labute approximate surface area is 106 Å². The minimum Gasteiger partial charge on any atom is -0.363 e. The van der Waals surface area contributed by atoms with E-state index >= 15 is 0 Å². The first-order valence-corrected chi connectivity index (χ1v) is 7.44. The molecule has 0 amide bonds. The van der Waals surface area contributed by atoms with Gasteiger partial charge in [0.05, 0.1) is 0 Å². The van der Waals surface area contributed by atoms with Crippen LogP contribution in [0, 0.1) is 0 Å². The smallest absolute Gasteiger partial charge is 0.293 e. The molecule has 1 heterocycles. The van der Waals surface area contributed by atoms with Crippen LogP contribution >= 0.6 is 11.8 Å². The van der Waals surface area contributed by atoms with Gasteiger partial charge in [0.15, 0.2) is 5.82 Å². The summed E-state index contributed by atoms with van der Waals surface area (Å²) < 4.78 is 1.80. The van der Waals surface area contributed by atoms with Gasteiger partial charge >= 0.3 is 0 Å². The summed E-state index contributed by atoms with van der Waals surface area (Å²) in [6.45, 7) is 2.09. The summed E-state index contributed by atoms with van der Waals surface area (Å²) in [5.41, 5.74) is 0.0194.